The van der Waals surface area contributed by atoms with Crippen LogP contribution >= 0.6 is 0 Å². The highest BCUT2D eigenvalue weighted by Gasteiger charge is 2.36. The summed E-state index contributed by atoms with van der Waals surface area (Å²) in [4.78, 5) is 14.3. The maximum Gasteiger partial charge on any atom is 0.337 e. The summed E-state index contributed by atoms with van der Waals surface area (Å²) < 4.78 is 0. The zero-order valence-corrected chi connectivity index (χ0v) is 7.15. The van der Waals surface area contributed by atoms with Gasteiger partial charge in [0.2, 0.25) is 6.10 Å². The summed E-state index contributed by atoms with van der Waals surface area (Å²) in [7, 11) is 0. The van der Waals surface area contributed by atoms with Crippen molar-refractivity contribution < 1.29 is 35.2 Å². The fourth-order valence-electron chi connectivity index (χ4n) is 0.799. The Morgan fingerprint density at radius 3 is 2.07 bits per heavy atom. The summed E-state index contributed by atoms with van der Waals surface area (Å²) in [6, 6.07) is 0. The Bertz CT molecular complexity index is 187. The third-order valence-corrected chi connectivity index (χ3v) is 1.63. The van der Waals surface area contributed by atoms with Gasteiger partial charge in [-0.3, -0.25) is 4.84 Å². The molecule has 0 amide bonds. The summed E-state index contributed by atoms with van der Waals surface area (Å²) in [5.41, 5.74) is 0. The Balaban J connectivity index is 4.41. The average Bonchev–Trinajstić information content (AvgIpc) is 2.15. The van der Waals surface area contributed by atoms with E-state index in [0.717, 1.165) is 0 Å². The van der Waals surface area contributed by atoms with Gasteiger partial charge in [0.15, 0.2) is 0 Å². The first kappa shape index (κ1) is 13.2. The minimum Gasteiger partial charge on any atom is -0.479 e. The molecule has 4 atom stereocenters. The molecule has 0 fully saturated rings. The molecule has 0 radical (unpaired) electrons. The highest BCUT2D eigenvalue weighted by atomic mass is 16.6. The maximum atomic E-state index is 10.4. The van der Waals surface area contributed by atoms with E-state index in [2.05, 4.69) is 10.7 Å². The second-order valence-corrected chi connectivity index (χ2v) is 2.63. The van der Waals surface area contributed by atoms with E-state index in [-0.39, 0.29) is 0 Å². The normalized spacial score (nSPS) is 19.8. The number of carboxylic acids is 1. The molecule has 8 heteroatoms. The summed E-state index contributed by atoms with van der Waals surface area (Å²) in [6.45, 7) is -0.824. The Hall–Kier alpha value is -0.770. The predicted octanol–water partition coefficient (Wildman–Crippen LogP) is -3.60. The smallest absolute Gasteiger partial charge is 0.337 e. The molecule has 7 N–H and O–H groups in total. The van der Waals surface area contributed by atoms with E-state index in [0.29, 0.717) is 0 Å². The van der Waals surface area contributed by atoms with E-state index in [1.807, 2.05) is 0 Å². The molecule has 0 rings (SSSR count). The van der Waals surface area contributed by atoms with Crippen molar-refractivity contribution in [3.8, 4) is 0 Å². The van der Waals surface area contributed by atoms with Crippen molar-refractivity contribution in [2.45, 2.75) is 24.4 Å². The third-order valence-electron chi connectivity index (χ3n) is 1.63. The van der Waals surface area contributed by atoms with Crippen LogP contribution in [0.3, 0.4) is 0 Å². The van der Waals surface area contributed by atoms with Gasteiger partial charge in [-0.1, -0.05) is 0 Å². The molecule has 0 aromatic heterocycles. The topological polar surface area (TPSA) is 153 Å². The monoisotopic (exact) mass is 211 g/mol. The molecule has 0 heterocycles. The number of aliphatic hydroxyl groups is 4. The van der Waals surface area contributed by atoms with Crippen LogP contribution in [0.15, 0.2) is 0 Å². The zero-order valence-electron chi connectivity index (χ0n) is 7.15. The van der Waals surface area contributed by atoms with Gasteiger partial charge in [0.25, 0.3) is 0 Å². The molecule has 8 nitrogen and oxygen atoms in total. The van der Waals surface area contributed by atoms with Gasteiger partial charge < -0.3 is 25.5 Å². The quantitative estimate of drug-likeness (QED) is 0.246. The van der Waals surface area contributed by atoms with Gasteiger partial charge in [0.1, 0.15) is 18.3 Å². The lowest BCUT2D eigenvalue weighted by Gasteiger charge is -2.24. The van der Waals surface area contributed by atoms with Gasteiger partial charge >= 0.3 is 5.97 Å². The fraction of sp³-hybridized carbons (Fsp3) is 0.833. The average molecular weight is 211 g/mol. The van der Waals surface area contributed by atoms with Gasteiger partial charge in [0, 0.05) is 0 Å². The van der Waals surface area contributed by atoms with Crippen LogP contribution in [-0.4, -0.2) is 62.5 Å². The SMILES string of the molecule is NO[C@H](C(=O)O)[C@@H](O)[C@H](O)[C@@H](O)CO. The van der Waals surface area contributed by atoms with Crippen molar-refractivity contribution in [3.05, 3.63) is 0 Å². The molecule has 0 saturated heterocycles. The van der Waals surface area contributed by atoms with Gasteiger partial charge in [-0.2, -0.15) is 0 Å². The molecule has 0 aromatic carbocycles. The van der Waals surface area contributed by atoms with Crippen LogP contribution in [0.5, 0.6) is 0 Å². The third kappa shape index (κ3) is 3.18. The first-order valence-corrected chi connectivity index (χ1v) is 3.69. The Labute approximate surface area is 79.1 Å². The number of aliphatic hydroxyl groups excluding tert-OH is 4. The van der Waals surface area contributed by atoms with Gasteiger partial charge in [-0.25, -0.2) is 10.7 Å². The predicted molar refractivity (Wildman–Crippen MR) is 41.8 cm³/mol. The molecular weight excluding hydrogens is 198 g/mol. The lowest BCUT2D eigenvalue weighted by molar-refractivity contribution is -0.172. The lowest BCUT2D eigenvalue weighted by atomic mass is 10.0. The number of hydrogen-bond donors (Lipinski definition) is 6. The standard InChI is InChI=1S/C6H13NO7/c7-14-5(6(12)13)4(11)3(10)2(9)1-8/h2-5,8-11H,1,7H2,(H,12,13)/t2-,3+,4-,5-/m0/s1. The fourth-order valence-corrected chi connectivity index (χ4v) is 0.799. The minimum absolute atomic E-state index is 0.824. The van der Waals surface area contributed by atoms with E-state index in [9.17, 15) is 4.79 Å². The van der Waals surface area contributed by atoms with Crippen LogP contribution in [0, 0.1) is 0 Å². The van der Waals surface area contributed by atoms with E-state index < -0.39 is 37.0 Å². The van der Waals surface area contributed by atoms with Crippen LogP contribution in [0.2, 0.25) is 0 Å². The molecule has 0 aromatic rings. The van der Waals surface area contributed by atoms with Crippen LogP contribution in [0.4, 0.5) is 0 Å². The molecule has 0 saturated carbocycles. The summed E-state index contributed by atoms with van der Waals surface area (Å²) in [5.74, 6) is 2.96. The molecule has 0 aliphatic heterocycles. The van der Waals surface area contributed by atoms with Crippen LogP contribution in [0.1, 0.15) is 0 Å². The summed E-state index contributed by atoms with van der Waals surface area (Å²) in [5, 5.41) is 43.9. The van der Waals surface area contributed by atoms with Crippen molar-refractivity contribution in [1.29, 1.82) is 0 Å². The molecule has 0 aliphatic carbocycles. The molecular formula is C6H13NO7. The van der Waals surface area contributed by atoms with Crippen molar-refractivity contribution >= 4 is 5.97 Å². The lowest BCUT2D eigenvalue weighted by Crippen LogP contribution is -2.50. The number of aliphatic carboxylic acids is 1. The summed E-state index contributed by atoms with van der Waals surface area (Å²) >= 11 is 0. The van der Waals surface area contributed by atoms with E-state index in [1.165, 1.54) is 0 Å². The molecule has 14 heavy (non-hydrogen) atoms. The van der Waals surface area contributed by atoms with Crippen molar-refractivity contribution in [3.63, 3.8) is 0 Å². The van der Waals surface area contributed by atoms with Gasteiger partial charge in [0.05, 0.1) is 6.61 Å². The Morgan fingerprint density at radius 1 is 1.29 bits per heavy atom. The van der Waals surface area contributed by atoms with Crippen LogP contribution in [-0.2, 0) is 9.63 Å². The van der Waals surface area contributed by atoms with E-state index in [4.69, 9.17) is 25.5 Å². The first-order chi connectivity index (χ1) is 6.45. The molecule has 0 bridgehead atoms. The molecule has 84 valence electrons. The summed E-state index contributed by atoms with van der Waals surface area (Å²) in [6.07, 6.45) is -7.32. The second kappa shape index (κ2) is 5.86. The van der Waals surface area contributed by atoms with Gasteiger partial charge in [-0.05, 0) is 0 Å². The molecule has 0 spiro atoms. The zero-order chi connectivity index (χ0) is 11.3. The number of carbonyl (C=O) groups is 1. The van der Waals surface area contributed by atoms with Crippen molar-refractivity contribution in [2.24, 2.45) is 5.90 Å². The van der Waals surface area contributed by atoms with Crippen molar-refractivity contribution in [2.75, 3.05) is 6.61 Å². The highest BCUT2D eigenvalue weighted by molar-refractivity contribution is 5.73. The van der Waals surface area contributed by atoms with Crippen LogP contribution in [0.25, 0.3) is 0 Å². The second-order valence-electron chi connectivity index (χ2n) is 2.63. The molecule has 0 aliphatic rings. The van der Waals surface area contributed by atoms with E-state index in [1.54, 1.807) is 0 Å². The van der Waals surface area contributed by atoms with Crippen molar-refractivity contribution in [1.82, 2.24) is 0 Å². The minimum atomic E-state index is -1.93. The van der Waals surface area contributed by atoms with E-state index >= 15 is 0 Å². The molecule has 0 unspecified atom stereocenters. The number of nitrogens with two attached hydrogens (primary N) is 1. The first-order valence-electron chi connectivity index (χ1n) is 3.69. The number of carboxylic acid groups (broad SMARTS) is 1. The Morgan fingerprint density at radius 2 is 1.79 bits per heavy atom. The number of rotatable bonds is 6. The highest BCUT2D eigenvalue weighted by Crippen LogP contribution is 2.07. The number of hydrogen-bond acceptors (Lipinski definition) is 7. The Kier molecular flexibility index (Phi) is 5.53. The van der Waals surface area contributed by atoms with Crippen LogP contribution < -0.4 is 5.90 Å². The van der Waals surface area contributed by atoms with Gasteiger partial charge in [-0.15, -0.1) is 0 Å². The largest absolute Gasteiger partial charge is 0.479 e. The maximum absolute atomic E-state index is 10.4.